The van der Waals surface area contributed by atoms with Gasteiger partial charge in [0, 0.05) is 39.4 Å². The van der Waals surface area contributed by atoms with Gasteiger partial charge >= 0.3 is 0 Å². The quantitative estimate of drug-likeness (QED) is 0.0241. The van der Waals surface area contributed by atoms with Gasteiger partial charge in [-0.15, -0.1) is 0 Å². The van der Waals surface area contributed by atoms with Crippen molar-refractivity contribution in [3.63, 3.8) is 0 Å². The molecule has 0 fully saturated rings. The maximum atomic E-state index is 10.2. The lowest BCUT2D eigenvalue weighted by Crippen LogP contribution is -2.44. The Kier molecular flexibility index (Phi) is 65.5. The van der Waals surface area contributed by atoms with Gasteiger partial charge in [-0.2, -0.15) is 0 Å². The Morgan fingerprint density at radius 3 is 0.961 bits per heavy atom. The van der Waals surface area contributed by atoms with E-state index in [1.165, 1.54) is 0 Å². The average molecular weight is 1120 g/mol. The molecule has 0 amide bonds. The molecular weight excluding hydrogens is 1020 g/mol. The Hall–Kier alpha value is -1.08. The van der Waals surface area contributed by atoms with Gasteiger partial charge in [0.2, 0.25) is 0 Å². The van der Waals surface area contributed by atoms with Gasteiger partial charge in [-0.05, 0) is 46.1 Å². The first-order valence-electron chi connectivity index (χ1n) is 27.0. The molecule has 0 aromatic rings. The number of methoxy groups -OCH3 is 1. The molecule has 3 atom stereocenters. The van der Waals surface area contributed by atoms with E-state index >= 15 is 0 Å². The summed E-state index contributed by atoms with van der Waals surface area (Å²) in [5.74, 6) is 0. The van der Waals surface area contributed by atoms with E-state index in [-0.39, 0.29) is 32.5 Å². The third-order valence-corrected chi connectivity index (χ3v) is 9.65. The summed E-state index contributed by atoms with van der Waals surface area (Å²) in [6.45, 7) is 19.2. The van der Waals surface area contributed by atoms with Crippen molar-refractivity contribution < 1.29 is 121 Å². The minimum Gasteiger partial charge on any atom is -0.385 e. The second kappa shape index (κ2) is 66.4. The molecule has 0 saturated heterocycles. The number of aliphatic hydroxyl groups is 3. The summed E-state index contributed by atoms with van der Waals surface area (Å²) in [5.41, 5.74) is 0. The van der Waals surface area contributed by atoms with Crippen LogP contribution in [0.3, 0.4) is 0 Å². The number of rotatable bonds is 69. The van der Waals surface area contributed by atoms with Crippen LogP contribution in [0.1, 0.15) is 52.4 Å². The van der Waals surface area contributed by atoms with Crippen molar-refractivity contribution in [3.8, 4) is 0 Å². The second-order valence-electron chi connectivity index (χ2n) is 16.1. The van der Waals surface area contributed by atoms with Crippen molar-refractivity contribution >= 4 is 0 Å². The lowest BCUT2D eigenvalue weighted by molar-refractivity contribution is -0.341. The van der Waals surface area contributed by atoms with E-state index in [0.29, 0.717) is 231 Å². The van der Waals surface area contributed by atoms with Crippen LogP contribution < -0.4 is 10.6 Å². The molecule has 5 N–H and O–H groups in total. The van der Waals surface area contributed by atoms with Crippen LogP contribution in [0.15, 0.2) is 0 Å². The summed E-state index contributed by atoms with van der Waals surface area (Å²) in [5, 5.41) is 36.4. The molecule has 0 aliphatic rings. The van der Waals surface area contributed by atoms with E-state index in [0.717, 1.165) is 19.3 Å². The van der Waals surface area contributed by atoms with Gasteiger partial charge in [-0.3, -0.25) is 5.32 Å². The van der Waals surface area contributed by atoms with Crippen LogP contribution in [0.5, 0.6) is 0 Å². The van der Waals surface area contributed by atoms with Crippen molar-refractivity contribution in [3.05, 3.63) is 0 Å². The van der Waals surface area contributed by atoms with E-state index < -0.39 is 18.6 Å². The average Bonchev–Trinajstić information content (AvgIpc) is 3.41. The molecule has 0 aromatic carbocycles. The summed E-state index contributed by atoms with van der Waals surface area (Å²) < 4.78 is 76.2. The van der Waals surface area contributed by atoms with E-state index in [1.54, 1.807) is 7.11 Å². The predicted molar refractivity (Wildman–Crippen MR) is 272 cm³/mol. The maximum Gasteiger partial charge on any atom is 0.167 e. The minimum atomic E-state index is -1.49. The molecule has 458 valence electrons. The topological polar surface area (TPSA) is 288 Å². The number of ether oxygens (including phenoxy) is 14. The van der Waals surface area contributed by atoms with Crippen LogP contribution in [0.2, 0.25) is 0 Å². The van der Waals surface area contributed by atoms with Gasteiger partial charge in [-0.25, -0.2) is 39.1 Å². The number of hydrogen-bond acceptors (Lipinski definition) is 27. The zero-order valence-corrected chi connectivity index (χ0v) is 46.3. The molecule has 3 unspecified atom stereocenters. The minimum absolute atomic E-state index is 0.0184. The van der Waals surface area contributed by atoms with Crippen molar-refractivity contribution in [1.29, 1.82) is 0 Å². The van der Waals surface area contributed by atoms with Crippen LogP contribution in [0.25, 0.3) is 0 Å². The molecule has 0 aliphatic carbocycles. The molecule has 0 bridgehead atoms. The van der Waals surface area contributed by atoms with Gasteiger partial charge in [0.05, 0.1) is 171 Å². The van der Waals surface area contributed by atoms with Gasteiger partial charge in [0.15, 0.2) is 6.29 Å². The summed E-state index contributed by atoms with van der Waals surface area (Å²) in [4.78, 5) is 39.5. The van der Waals surface area contributed by atoms with E-state index in [1.807, 2.05) is 13.8 Å². The van der Waals surface area contributed by atoms with Crippen LogP contribution in [-0.2, 0) is 105 Å². The molecule has 0 radical (unpaired) electrons. The van der Waals surface area contributed by atoms with Gasteiger partial charge < -0.3 is 87.0 Å². The van der Waals surface area contributed by atoms with Crippen LogP contribution >= 0.6 is 0 Å². The molecule has 0 saturated carbocycles. The fourth-order valence-electron chi connectivity index (χ4n) is 5.80. The van der Waals surface area contributed by atoms with Crippen LogP contribution in [-0.4, -0.2) is 285 Å². The molecule has 27 nitrogen and oxygen atoms in total. The monoisotopic (exact) mass is 1120 g/mol. The summed E-state index contributed by atoms with van der Waals surface area (Å²) >= 11 is 0. The van der Waals surface area contributed by atoms with Crippen molar-refractivity contribution in [1.82, 2.24) is 10.6 Å². The van der Waals surface area contributed by atoms with Crippen LogP contribution in [0.4, 0.5) is 0 Å². The Labute approximate surface area is 452 Å². The standard InChI is InChI=1S/C49H102N2O25/c1-4-69-70-44-45-76-75-43-38-68-33-32-67-37-42-74-73-40-35-65-30-28-60-21-18-58-15-10-48(52)50-11-6-5-8-47(49(53)54)51-46(2)9-14-57-17-20-59-22-23-61-24-25-62-26-27-63-29-31-66-36-41-72-71-39-34-64-19-16-56-13-7-12-55-3/h46-54H,4-45H2,1-3H3. The molecule has 27 heteroatoms. The molecular formula is C49H102N2O25. The summed E-state index contributed by atoms with van der Waals surface area (Å²) in [6, 6.07) is -0.454. The smallest absolute Gasteiger partial charge is 0.167 e. The molecule has 0 spiro atoms. The fourth-order valence-corrected chi connectivity index (χ4v) is 5.80. The largest absolute Gasteiger partial charge is 0.385 e. The summed E-state index contributed by atoms with van der Waals surface area (Å²) in [7, 11) is 1.67. The zero-order chi connectivity index (χ0) is 55.0. The van der Waals surface area contributed by atoms with E-state index in [9.17, 15) is 15.3 Å². The lowest BCUT2D eigenvalue weighted by Gasteiger charge is -2.25. The van der Waals surface area contributed by atoms with Gasteiger partial charge in [0.25, 0.3) is 0 Å². The molecule has 0 aliphatic heterocycles. The van der Waals surface area contributed by atoms with Crippen LogP contribution in [0, 0.1) is 0 Å². The number of unbranched alkanes of at least 4 members (excludes halogenated alkanes) is 1. The maximum absolute atomic E-state index is 10.2. The third-order valence-electron chi connectivity index (χ3n) is 9.65. The highest BCUT2D eigenvalue weighted by Gasteiger charge is 2.18. The zero-order valence-electron chi connectivity index (χ0n) is 46.3. The first-order chi connectivity index (χ1) is 37.5. The second-order valence-corrected chi connectivity index (χ2v) is 16.1. The lowest BCUT2D eigenvalue weighted by atomic mass is 10.1. The number of nitrogens with one attached hydrogen (secondary N) is 2. The Morgan fingerprint density at radius 1 is 0.316 bits per heavy atom. The third kappa shape index (κ3) is 63.7. The predicted octanol–water partition coefficient (Wildman–Crippen LogP) is 0.567. The highest BCUT2D eigenvalue weighted by molar-refractivity contribution is 4.74. The van der Waals surface area contributed by atoms with Crippen molar-refractivity contribution in [2.75, 3.05) is 245 Å². The normalized spacial score (nSPS) is 13.1. The van der Waals surface area contributed by atoms with E-state index in [4.69, 9.17) is 105 Å². The molecule has 0 aromatic heterocycles. The van der Waals surface area contributed by atoms with Gasteiger partial charge in [0.1, 0.15) is 52.5 Å². The van der Waals surface area contributed by atoms with Crippen molar-refractivity contribution in [2.24, 2.45) is 0 Å². The molecule has 0 heterocycles. The number of hydrogen-bond donors (Lipinski definition) is 5. The number of aliphatic hydroxyl groups excluding tert-OH is 2. The molecule has 76 heavy (non-hydrogen) atoms. The SMILES string of the molecule is CCOOCCOOCCOCCOCCOOCCOCCOCCOCCC(O)NCCCCC(NC(C)CCOCCOCCOCCOCCOCCOCCOOCCOCCOCCCOC)C(O)O. The molecule has 0 rings (SSSR count). The first kappa shape index (κ1) is 74.9. The fraction of sp³-hybridized carbons (Fsp3) is 1.00. The highest BCUT2D eigenvalue weighted by atomic mass is 17.2. The summed E-state index contributed by atoms with van der Waals surface area (Å²) in [6.07, 6.45) is 1.89. The Bertz CT molecular complexity index is 1060. The van der Waals surface area contributed by atoms with Crippen molar-refractivity contribution in [2.45, 2.75) is 77.0 Å². The Morgan fingerprint density at radius 2 is 0.618 bits per heavy atom. The Balaban J connectivity index is 3.41. The van der Waals surface area contributed by atoms with Gasteiger partial charge in [-0.1, -0.05) is 6.42 Å². The van der Waals surface area contributed by atoms with E-state index in [2.05, 4.69) is 10.6 Å². The first-order valence-corrected chi connectivity index (χ1v) is 27.0. The highest BCUT2D eigenvalue weighted by Crippen LogP contribution is 2.07.